The van der Waals surface area contributed by atoms with Gasteiger partial charge in [-0.15, -0.1) is 0 Å². The smallest absolute Gasteiger partial charge is 0.462 e. The average molecular weight is 1490 g/mol. The molecule has 0 heterocycles. The molecule has 0 aliphatic carbocycles. The topological polar surface area (TPSA) is 237 Å². The van der Waals surface area contributed by atoms with Crippen LogP contribution in [0, 0.1) is 0 Å². The van der Waals surface area contributed by atoms with Crippen LogP contribution in [-0.4, -0.2) is 96.7 Å². The summed E-state index contributed by atoms with van der Waals surface area (Å²) in [4.78, 5) is 72.9. The van der Waals surface area contributed by atoms with Crippen LogP contribution in [0.2, 0.25) is 0 Å². The first-order valence-electron chi connectivity index (χ1n) is 39.0. The van der Waals surface area contributed by atoms with Crippen LogP contribution in [0.4, 0.5) is 0 Å². The van der Waals surface area contributed by atoms with Crippen LogP contribution in [0.15, 0.2) is 182 Å². The molecule has 0 aliphatic heterocycles. The lowest BCUT2D eigenvalue weighted by atomic mass is 10.1. The van der Waals surface area contributed by atoms with Crippen molar-refractivity contribution in [2.45, 2.75) is 290 Å². The van der Waals surface area contributed by atoms with Gasteiger partial charge in [-0.2, -0.15) is 0 Å². The fourth-order valence-electron chi connectivity index (χ4n) is 9.54. The number of rotatable bonds is 71. The van der Waals surface area contributed by atoms with E-state index in [1.807, 2.05) is 18.2 Å². The molecular weight excluding hydrogens is 1350 g/mol. The fraction of sp³-hybridized carbons (Fsp3) is 0.600. The van der Waals surface area contributed by atoms with Crippen LogP contribution >= 0.6 is 15.6 Å². The average Bonchev–Trinajstić information content (AvgIpc) is 0.918. The van der Waals surface area contributed by atoms with Gasteiger partial charge in [-0.25, -0.2) is 9.13 Å². The number of aliphatic hydroxyl groups excluding tert-OH is 1. The van der Waals surface area contributed by atoms with Crippen molar-refractivity contribution in [2.75, 3.05) is 39.6 Å². The molecule has 0 radical (unpaired) electrons. The van der Waals surface area contributed by atoms with E-state index >= 15 is 0 Å². The van der Waals surface area contributed by atoms with Crippen LogP contribution in [-0.2, 0) is 65.4 Å². The van der Waals surface area contributed by atoms with Crippen molar-refractivity contribution in [3.8, 4) is 0 Å². The highest BCUT2D eigenvalue weighted by atomic mass is 31.2. The normalized spacial score (nSPS) is 14.9. The molecule has 0 fully saturated rings. The Morgan fingerprint density at radius 3 is 0.865 bits per heavy atom. The van der Waals surface area contributed by atoms with E-state index in [9.17, 15) is 43.2 Å². The molecule has 0 aromatic heterocycles. The Kier molecular flexibility index (Phi) is 71.2. The maximum atomic E-state index is 13.1. The summed E-state index contributed by atoms with van der Waals surface area (Å²) in [6, 6.07) is 0. The molecule has 0 bridgehead atoms. The van der Waals surface area contributed by atoms with Crippen LogP contribution in [0.25, 0.3) is 0 Å². The lowest BCUT2D eigenvalue weighted by Gasteiger charge is -2.21. The number of unbranched alkanes of at least 4 members (excludes halogenated alkanes) is 16. The number of ether oxygens (including phenoxy) is 4. The molecule has 17 nitrogen and oxygen atoms in total. The molecule has 5 unspecified atom stereocenters. The zero-order valence-electron chi connectivity index (χ0n) is 64.1. The van der Waals surface area contributed by atoms with Gasteiger partial charge in [-0.05, 0) is 161 Å². The number of hydrogen-bond acceptors (Lipinski definition) is 15. The molecule has 0 amide bonds. The first-order chi connectivity index (χ1) is 50.7. The van der Waals surface area contributed by atoms with Crippen molar-refractivity contribution in [2.24, 2.45) is 0 Å². The molecule has 0 aliphatic rings. The zero-order valence-corrected chi connectivity index (χ0v) is 65.9. The summed E-state index contributed by atoms with van der Waals surface area (Å²) in [7, 11) is -10.0. The number of esters is 4. The van der Waals surface area contributed by atoms with Crippen molar-refractivity contribution in [1.29, 1.82) is 0 Å². The molecule has 0 aromatic rings. The van der Waals surface area contributed by atoms with Crippen LogP contribution in [0.5, 0.6) is 0 Å². The Morgan fingerprint density at radius 2 is 0.538 bits per heavy atom. The minimum absolute atomic E-state index is 0.0482. The van der Waals surface area contributed by atoms with Gasteiger partial charge in [0.2, 0.25) is 0 Å². The van der Waals surface area contributed by atoms with Crippen molar-refractivity contribution in [1.82, 2.24) is 0 Å². The summed E-state index contributed by atoms with van der Waals surface area (Å²) < 4.78 is 68.4. The van der Waals surface area contributed by atoms with Crippen LogP contribution < -0.4 is 0 Å². The monoisotopic (exact) mass is 1490 g/mol. The number of aliphatic hydroxyl groups is 1. The Bertz CT molecular complexity index is 2690. The van der Waals surface area contributed by atoms with Crippen LogP contribution in [0.3, 0.4) is 0 Å². The van der Waals surface area contributed by atoms with Crippen molar-refractivity contribution in [3.05, 3.63) is 182 Å². The van der Waals surface area contributed by atoms with Crippen molar-refractivity contribution >= 4 is 39.5 Å². The quantitative estimate of drug-likeness (QED) is 0.0169. The SMILES string of the molecule is CC/C=C\C/C=C\C/C=C\C/C=C\C/C=C\CCCCCC(=O)OCC(COP(=O)(O)OCC(O)COP(=O)(O)OCC(COC(=O)C/C=C\C/C=C\C/C=C\C/C=C\C/C=C\CC)OC(=O)CCCCCCC/C=C\C/C=C\C/C=C\CC)OC(=O)CCCCCCC/C=C\C/C=C\CCCCC. The van der Waals surface area contributed by atoms with E-state index < -0.39 is 97.5 Å². The Labute approximate surface area is 628 Å². The van der Waals surface area contributed by atoms with Gasteiger partial charge in [0.1, 0.15) is 19.3 Å². The molecule has 0 spiro atoms. The van der Waals surface area contributed by atoms with Gasteiger partial charge >= 0.3 is 39.5 Å². The first kappa shape index (κ1) is 98.2. The third kappa shape index (κ3) is 74.4. The molecule has 0 rings (SSSR count). The van der Waals surface area contributed by atoms with Crippen molar-refractivity contribution in [3.63, 3.8) is 0 Å². The number of carbonyl (C=O) groups excluding carboxylic acids is 4. The number of carbonyl (C=O) groups is 4. The second-order valence-corrected chi connectivity index (χ2v) is 28.1. The summed E-state index contributed by atoms with van der Waals surface area (Å²) in [5.41, 5.74) is 0. The highest BCUT2D eigenvalue weighted by molar-refractivity contribution is 7.47. The van der Waals surface area contributed by atoms with Gasteiger partial charge in [0.25, 0.3) is 0 Å². The van der Waals surface area contributed by atoms with E-state index in [1.54, 1.807) is 6.08 Å². The summed E-state index contributed by atoms with van der Waals surface area (Å²) in [6.45, 7) is 4.29. The molecular formula is C85H136O17P2. The van der Waals surface area contributed by atoms with Crippen molar-refractivity contribution < 1.29 is 80.2 Å². The van der Waals surface area contributed by atoms with E-state index in [0.717, 1.165) is 173 Å². The van der Waals surface area contributed by atoms with E-state index in [2.05, 4.69) is 186 Å². The Morgan fingerprint density at radius 1 is 0.288 bits per heavy atom. The molecule has 588 valence electrons. The number of phosphoric acid groups is 2. The first-order valence-corrected chi connectivity index (χ1v) is 42.0. The summed E-state index contributed by atoms with van der Waals surface area (Å²) in [5.74, 6) is -2.41. The predicted octanol–water partition coefficient (Wildman–Crippen LogP) is 22.8. The largest absolute Gasteiger partial charge is 0.472 e. The summed E-state index contributed by atoms with van der Waals surface area (Å²) >= 11 is 0. The third-order valence-electron chi connectivity index (χ3n) is 15.4. The molecule has 104 heavy (non-hydrogen) atoms. The summed E-state index contributed by atoms with van der Waals surface area (Å²) in [6.07, 6.45) is 90.5. The molecule has 3 N–H and O–H groups in total. The second-order valence-electron chi connectivity index (χ2n) is 25.2. The third-order valence-corrected chi connectivity index (χ3v) is 17.3. The number of hydrogen-bond donors (Lipinski definition) is 3. The lowest BCUT2D eigenvalue weighted by Crippen LogP contribution is -2.30. The van der Waals surface area contributed by atoms with E-state index in [4.69, 9.17) is 37.0 Å². The maximum Gasteiger partial charge on any atom is 0.472 e. The van der Waals surface area contributed by atoms with Crippen LogP contribution in [0.1, 0.15) is 272 Å². The predicted molar refractivity (Wildman–Crippen MR) is 426 cm³/mol. The molecule has 0 saturated carbocycles. The number of allylic oxidation sites excluding steroid dienone is 29. The van der Waals surface area contributed by atoms with Gasteiger partial charge in [0, 0.05) is 19.3 Å². The second kappa shape index (κ2) is 75.4. The Balaban J connectivity index is 5.50. The number of phosphoric ester groups is 2. The van der Waals surface area contributed by atoms with E-state index in [1.165, 1.54) is 19.3 Å². The van der Waals surface area contributed by atoms with E-state index in [-0.39, 0.29) is 25.7 Å². The highest BCUT2D eigenvalue weighted by Crippen LogP contribution is 2.45. The Hall–Kier alpha value is -5.84. The van der Waals surface area contributed by atoms with Gasteiger partial charge < -0.3 is 33.8 Å². The molecule has 0 aromatic carbocycles. The van der Waals surface area contributed by atoms with Gasteiger partial charge in [-0.1, -0.05) is 268 Å². The summed E-state index contributed by atoms with van der Waals surface area (Å²) in [5, 5.41) is 10.6. The molecule has 19 heteroatoms. The molecule has 5 atom stereocenters. The lowest BCUT2D eigenvalue weighted by molar-refractivity contribution is -0.161. The fourth-order valence-corrected chi connectivity index (χ4v) is 11.1. The standard InChI is InChI=1S/C85H136O17P2/c1-5-9-13-17-21-25-29-33-37-38-39-40-44-46-50-54-58-62-66-70-83(88)96-76-81(102-85(90)72-68-64-60-56-52-48-43-36-32-28-24-20-16-12-8-4)78-100-104(93,94)98-74-79(86)73-97-103(91,92)99-77-80(101-84(89)71-67-63-59-55-51-47-42-35-31-27-23-19-15-11-7-3)75-95-82(87)69-65-61-57-53-49-45-41-34-30-26-22-18-14-10-6-2/h9-11,13-15,21-28,33-37,39-43,46,49-50,53,61,65,79-81,86H,5-8,12,16-20,29-32,38,44-45,47-48,51-52,54-60,62-64,66-78H2,1-4H3,(H,91,92)(H,93,94)/b13-9-,14-10-,15-11-,25-21-,26-22-,27-23-,28-24-,37-33-,40-39-,41-34-,42-35-,43-36-,50-46-,53-49-,65-61-. The van der Waals surface area contributed by atoms with Gasteiger partial charge in [-0.3, -0.25) is 37.3 Å². The minimum Gasteiger partial charge on any atom is -0.462 e. The highest BCUT2D eigenvalue weighted by Gasteiger charge is 2.30. The van der Waals surface area contributed by atoms with Gasteiger partial charge in [0.15, 0.2) is 12.2 Å². The zero-order chi connectivity index (χ0) is 76.0. The minimum atomic E-state index is -5.01. The van der Waals surface area contributed by atoms with Gasteiger partial charge in [0.05, 0.1) is 32.8 Å². The maximum absolute atomic E-state index is 13.1. The molecule has 0 saturated heterocycles. The van der Waals surface area contributed by atoms with E-state index in [0.29, 0.717) is 25.7 Å².